The summed E-state index contributed by atoms with van der Waals surface area (Å²) in [6, 6.07) is 7.84. The number of aryl methyl sites for hydroxylation is 1. The summed E-state index contributed by atoms with van der Waals surface area (Å²) in [5.41, 5.74) is 1.02. The summed E-state index contributed by atoms with van der Waals surface area (Å²) in [4.78, 5) is 13.1. The van der Waals surface area contributed by atoms with Gasteiger partial charge >= 0.3 is 0 Å². The van der Waals surface area contributed by atoms with Crippen molar-refractivity contribution >= 4 is 22.9 Å². The van der Waals surface area contributed by atoms with E-state index in [9.17, 15) is 9.18 Å². The molecule has 0 aliphatic heterocycles. The first-order chi connectivity index (χ1) is 9.60. The topological polar surface area (TPSA) is 49.3 Å². The smallest absolute Gasteiger partial charge is 0.265 e. The number of nitrogens with one attached hydrogen (secondary N) is 1. The molecule has 1 aromatic carbocycles. The first kappa shape index (κ1) is 14.3. The van der Waals surface area contributed by atoms with Crippen LogP contribution < -0.4 is 5.32 Å². The van der Waals surface area contributed by atoms with Crippen LogP contribution in [0.25, 0.3) is 0 Å². The highest BCUT2D eigenvalue weighted by Gasteiger charge is 2.11. The lowest BCUT2D eigenvalue weighted by Crippen LogP contribution is -2.11. The van der Waals surface area contributed by atoms with E-state index in [1.54, 1.807) is 24.3 Å². The fourth-order valence-electron chi connectivity index (χ4n) is 1.57. The summed E-state index contributed by atoms with van der Waals surface area (Å²) >= 11 is 1.19. The van der Waals surface area contributed by atoms with Crippen LogP contribution in [-0.4, -0.2) is 17.6 Å². The molecule has 0 radical (unpaired) electrons. The molecule has 1 heterocycles. The predicted octanol–water partition coefficient (Wildman–Crippen LogP) is 2.79. The molecule has 3 nitrogen and oxygen atoms in total. The number of carbonyl (C=O) groups is 1. The Morgan fingerprint density at radius 2 is 2.20 bits per heavy atom. The van der Waals surface area contributed by atoms with Crippen LogP contribution in [0.4, 0.5) is 10.1 Å². The molecule has 0 saturated heterocycles. The highest BCUT2D eigenvalue weighted by molar-refractivity contribution is 7.14. The van der Waals surface area contributed by atoms with E-state index in [-0.39, 0.29) is 18.2 Å². The lowest BCUT2D eigenvalue weighted by atomic mass is 10.2. The molecule has 102 valence electrons. The third kappa shape index (κ3) is 3.44. The lowest BCUT2D eigenvalue weighted by Gasteiger charge is -2.05. The number of benzene rings is 1. The minimum absolute atomic E-state index is 0.159. The van der Waals surface area contributed by atoms with Gasteiger partial charge in [-0.15, -0.1) is 11.3 Å². The predicted molar refractivity (Wildman–Crippen MR) is 77.4 cm³/mol. The normalized spacial score (nSPS) is 9.75. The van der Waals surface area contributed by atoms with Crippen LogP contribution in [0.2, 0.25) is 0 Å². The van der Waals surface area contributed by atoms with Crippen molar-refractivity contribution in [3.05, 3.63) is 51.5 Å². The van der Waals surface area contributed by atoms with Crippen LogP contribution in [-0.2, 0) is 0 Å². The Bertz CT molecular complexity index is 697. The maximum Gasteiger partial charge on any atom is 0.265 e. The van der Waals surface area contributed by atoms with Gasteiger partial charge in [-0.2, -0.15) is 0 Å². The molecule has 0 aliphatic carbocycles. The van der Waals surface area contributed by atoms with Crippen LogP contribution in [0.1, 0.15) is 20.1 Å². The molecular formula is C15H12FNO2S. The maximum absolute atomic E-state index is 13.6. The molecule has 0 spiro atoms. The van der Waals surface area contributed by atoms with Gasteiger partial charge in [-0.25, -0.2) is 4.39 Å². The van der Waals surface area contributed by atoms with Crippen molar-refractivity contribution in [2.75, 3.05) is 11.9 Å². The fourth-order valence-corrected chi connectivity index (χ4v) is 2.35. The number of thiophene rings is 1. The molecule has 0 unspecified atom stereocenters. The van der Waals surface area contributed by atoms with Crippen molar-refractivity contribution in [1.82, 2.24) is 0 Å². The quantitative estimate of drug-likeness (QED) is 0.835. The van der Waals surface area contributed by atoms with E-state index in [1.165, 1.54) is 17.4 Å². The summed E-state index contributed by atoms with van der Waals surface area (Å²) < 4.78 is 13.6. The molecular weight excluding hydrogens is 277 g/mol. The molecule has 0 saturated carbocycles. The summed E-state index contributed by atoms with van der Waals surface area (Å²) in [7, 11) is 0. The first-order valence-electron chi connectivity index (χ1n) is 5.87. The van der Waals surface area contributed by atoms with Crippen molar-refractivity contribution in [3.63, 3.8) is 0 Å². The number of hydrogen-bond acceptors (Lipinski definition) is 3. The van der Waals surface area contributed by atoms with Gasteiger partial charge in [0.2, 0.25) is 0 Å². The second-order valence-corrected chi connectivity index (χ2v) is 5.14. The van der Waals surface area contributed by atoms with E-state index in [0.29, 0.717) is 9.75 Å². The van der Waals surface area contributed by atoms with Crippen LogP contribution in [0.15, 0.2) is 30.3 Å². The zero-order chi connectivity index (χ0) is 14.5. The number of hydrogen-bond donors (Lipinski definition) is 2. The number of aliphatic hydroxyl groups excluding tert-OH is 1. The van der Waals surface area contributed by atoms with Gasteiger partial charge in [0, 0.05) is 0 Å². The Morgan fingerprint density at radius 1 is 1.40 bits per heavy atom. The highest BCUT2D eigenvalue weighted by atomic mass is 32.1. The van der Waals surface area contributed by atoms with Gasteiger partial charge in [-0.05, 0) is 36.8 Å². The highest BCUT2D eigenvalue weighted by Crippen LogP contribution is 2.20. The Kier molecular flexibility index (Phi) is 4.51. The van der Waals surface area contributed by atoms with E-state index in [1.807, 2.05) is 6.92 Å². The van der Waals surface area contributed by atoms with Gasteiger partial charge in [0.15, 0.2) is 0 Å². The largest absolute Gasteiger partial charge is 0.384 e. The SMILES string of the molecule is Cc1ccc(F)c(NC(=O)c2ccc(C#CCO)s2)c1. The Balaban J connectivity index is 2.15. The molecule has 2 aromatic rings. The van der Waals surface area contributed by atoms with Crippen molar-refractivity contribution in [2.45, 2.75) is 6.92 Å². The van der Waals surface area contributed by atoms with Crippen LogP contribution in [0, 0.1) is 24.6 Å². The summed E-state index contributed by atoms with van der Waals surface area (Å²) in [5.74, 6) is 4.38. The second-order valence-electron chi connectivity index (χ2n) is 4.06. The molecule has 2 N–H and O–H groups in total. The minimum atomic E-state index is -0.471. The zero-order valence-electron chi connectivity index (χ0n) is 10.7. The zero-order valence-corrected chi connectivity index (χ0v) is 11.6. The molecule has 1 amide bonds. The first-order valence-corrected chi connectivity index (χ1v) is 6.69. The molecule has 0 bridgehead atoms. The second kappa shape index (κ2) is 6.33. The Hall–Kier alpha value is -2.16. The number of halogens is 1. The van der Waals surface area contributed by atoms with E-state index in [2.05, 4.69) is 17.2 Å². The molecule has 5 heteroatoms. The van der Waals surface area contributed by atoms with Crippen molar-refractivity contribution < 1.29 is 14.3 Å². The summed E-state index contributed by atoms with van der Waals surface area (Å²) in [5, 5.41) is 11.1. The Labute approximate surface area is 120 Å². The molecule has 0 aliphatic rings. The molecule has 0 atom stereocenters. The van der Waals surface area contributed by atoms with E-state index in [4.69, 9.17) is 5.11 Å². The average molecular weight is 289 g/mol. The van der Waals surface area contributed by atoms with E-state index < -0.39 is 5.82 Å². The molecule has 0 fully saturated rings. The van der Waals surface area contributed by atoms with Gasteiger partial charge in [0.25, 0.3) is 5.91 Å². The summed E-state index contributed by atoms with van der Waals surface area (Å²) in [6.07, 6.45) is 0. The van der Waals surface area contributed by atoms with Gasteiger partial charge in [0.1, 0.15) is 12.4 Å². The van der Waals surface area contributed by atoms with Gasteiger partial charge < -0.3 is 10.4 Å². The minimum Gasteiger partial charge on any atom is -0.384 e. The molecule has 2 rings (SSSR count). The van der Waals surface area contributed by atoms with Gasteiger partial charge in [-0.1, -0.05) is 17.9 Å². The van der Waals surface area contributed by atoms with E-state index in [0.717, 1.165) is 5.56 Å². The van der Waals surface area contributed by atoms with Crippen molar-refractivity contribution in [3.8, 4) is 11.8 Å². The van der Waals surface area contributed by atoms with Crippen LogP contribution >= 0.6 is 11.3 Å². The van der Waals surface area contributed by atoms with Crippen molar-refractivity contribution in [1.29, 1.82) is 0 Å². The lowest BCUT2D eigenvalue weighted by molar-refractivity contribution is 0.103. The number of aliphatic hydroxyl groups is 1. The maximum atomic E-state index is 13.6. The monoisotopic (exact) mass is 289 g/mol. The number of rotatable bonds is 2. The van der Waals surface area contributed by atoms with Crippen LogP contribution in [0.3, 0.4) is 0 Å². The molecule has 1 aromatic heterocycles. The average Bonchev–Trinajstić information content (AvgIpc) is 2.89. The number of anilines is 1. The molecule has 20 heavy (non-hydrogen) atoms. The van der Waals surface area contributed by atoms with Gasteiger partial charge in [0.05, 0.1) is 15.4 Å². The third-order valence-corrected chi connectivity index (χ3v) is 3.49. The summed E-state index contributed by atoms with van der Waals surface area (Å²) in [6.45, 7) is 1.59. The standard InChI is InChI=1S/C15H12FNO2S/c1-10-4-6-12(16)13(9-10)17-15(19)14-7-5-11(20-14)3-2-8-18/h4-7,9,18H,8H2,1H3,(H,17,19). The van der Waals surface area contributed by atoms with Gasteiger partial charge in [-0.3, -0.25) is 4.79 Å². The van der Waals surface area contributed by atoms with Crippen LogP contribution in [0.5, 0.6) is 0 Å². The van der Waals surface area contributed by atoms with E-state index >= 15 is 0 Å². The fraction of sp³-hybridized carbons (Fsp3) is 0.133. The van der Waals surface area contributed by atoms with Crippen molar-refractivity contribution in [2.24, 2.45) is 0 Å². The third-order valence-electron chi connectivity index (χ3n) is 2.49. The number of carbonyl (C=O) groups excluding carboxylic acids is 1. The Morgan fingerprint density at radius 3 is 2.95 bits per heavy atom. The number of amides is 1.